The molecular formula is C13H10F6N2O. The Balaban J connectivity index is 2.89. The average molecular weight is 324 g/mol. The van der Waals surface area contributed by atoms with Gasteiger partial charge in [0.15, 0.2) is 0 Å². The van der Waals surface area contributed by atoms with Gasteiger partial charge in [0.25, 0.3) is 0 Å². The number of hydrogen-bond acceptors (Lipinski definition) is 3. The van der Waals surface area contributed by atoms with E-state index in [1.165, 1.54) is 0 Å². The molecule has 0 amide bonds. The van der Waals surface area contributed by atoms with Gasteiger partial charge in [0.2, 0.25) is 0 Å². The standard InChI is InChI=1S/C13H10F6N2O/c14-12(15,16)8-3-1-2-6-7(9(22)5-20)4-10(13(17,18)19)21-11(6)8/h1-4,9,22H,5,20H2/t9-/m1/s1. The first-order chi connectivity index (χ1) is 10.1. The molecule has 1 heterocycles. The zero-order valence-electron chi connectivity index (χ0n) is 10.8. The van der Waals surface area contributed by atoms with Gasteiger partial charge in [-0.3, -0.25) is 0 Å². The van der Waals surface area contributed by atoms with Crippen molar-refractivity contribution >= 4 is 10.9 Å². The molecule has 3 nitrogen and oxygen atoms in total. The Bertz CT molecular complexity index is 695. The van der Waals surface area contributed by atoms with Crippen LogP contribution >= 0.6 is 0 Å². The van der Waals surface area contributed by atoms with Crippen molar-refractivity contribution in [3.8, 4) is 0 Å². The van der Waals surface area contributed by atoms with Gasteiger partial charge < -0.3 is 10.8 Å². The van der Waals surface area contributed by atoms with Crippen LogP contribution in [-0.2, 0) is 12.4 Å². The van der Waals surface area contributed by atoms with Gasteiger partial charge in [-0.15, -0.1) is 0 Å². The third-order valence-electron chi connectivity index (χ3n) is 3.05. The molecule has 0 radical (unpaired) electrons. The van der Waals surface area contributed by atoms with Crippen LogP contribution < -0.4 is 5.73 Å². The lowest BCUT2D eigenvalue weighted by Gasteiger charge is -2.17. The van der Waals surface area contributed by atoms with E-state index in [1.54, 1.807) is 0 Å². The highest BCUT2D eigenvalue weighted by atomic mass is 19.4. The number of halogens is 6. The zero-order valence-corrected chi connectivity index (χ0v) is 10.8. The molecule has 9 heteroatoms. The summed E-state index contributed by atoms with van der Waals surface area (Å²) in [6.07, 6.45) is -11.4. The minimum absolute atomic E-state index is 0.222. The van der Waals surface area contributed by atoms with Crippen LogP contribution in [-0.4, -0.2) is 16.6 Å². The van der Waals surface area contributed by atoms with Gasteiger partial charge in [0.05, 0.1) is 17.2 Å². The minimum Gasteiger partial charge on any atom is -0.387 e. The molecule has 1 atom stereocenters. The summed E-state index contributed by atoms with van der Waals surface area (Å²) >= 11 is 0. The number of aromatic nitrogens is 1. The normalized spacial score (nSPS) is 14.4. The molecular weight excluding hydrogens is 314 g/mol. The first kappa shape index (κ1) is 16.5. The smallest absolute Gasteiger partial charge is 0.387 e. The summed E-state index contributed by atoms with van der Waals surface area (Å²) < 4.78 is 77.4. The summed E-state index contributed by atoms with van der Waals surface area (Å²) in [6, 6.07) is 3.34. The van der Waals surface area contributed by atoms with Crippen LogP contribution in [0.5, 0.6) is 0 Å². The molecule has 0 saturated heterocycles. The Kier molecular flexibility index (Phi) is 4.05. The van der Waals surface area contributed by atoms with E-state index in [1.807, 2.05) is 0 Å². The second kappa shape index (κ2) is 5.40. The van der Waals surface area contributed by atoms with E-state index >= 15 is 0 Å². The molecule has 0 aliphatic heterocycles. The van der Waals surface area contributed by atoms with Gasteiger partial charge in [-0.05, 0) is 17.7 Å². The van der Waals surface area contributed by atoms with E-state index in [0.29, 0.717) is 12.1 Å². The van der Waals surface area contributed by atoms with Crippen molar-refractivity contribution in [3.05, 3.63) is 41.1 Å². The maximum absolute atomic E-state index is 13.0. The molecule has 0 aliphatic rings. The van der Waals surface area contributed by atoms with Crippen LogP contribution in [0.3, 0.4) is 0 Å². The lowest BCUT2D eigenvalue weighted by molar-refractivity contribution is -0.142. The highest BCUT2D eigenvalue weighted by Crippen LogP contribution is 2.38. The number of benzene rings is 1. The predicted octanol–water partition coefficient (Wildman–Crippen LogP) is 3.26. The summed E-state index contributed by atoms with van der Waals surface area (Å²) in [7, 11) is 0. The maximum Gasteiger partial charge on any atom is 0.433 e. The Morgan fingerprint density at radius 3 is 2.23 bits per heavy atom. The molecule has 2 rings (SSSR count). The summed E-state index contributed by atoms with van der Waals surface area (Å²) in [5.74, 6) is 0. The quantitative estimate of drug-likeness (QED) is 0.834. The predicted molar refractivity (Wildman–Crippen MR) is 65.8 cm³/mol. The van der Waals surface area contributed by atoms with Crippen molar-refractivity contribution in [2.45, 2.75) is 18.5 Å². The number of hydrogen-bond donors (Lipinski definition) is 2. The van der Waals surface area contributed by atoms with Crippen molar-refractivity contribution in [1.29, 1.82) is 0 Å². The van der Waals surface area contributed by atoms with Crippen molar-refractivity contribution in [3.63, 3.8) is 0 Å². The van der Waals surface area contributed by atoms with Crippen molar-refractivity contribution in [2.24, 2.45) is 5.73 Å². The van der Waals surface area contributed by atoms with Crippen LogP contribution in [0.25, 0.3) is 10.9 Å². The number of aliphatic hydroxyl groups excluding tert-OH is 1. The lowest BCUT2D eigenvalue weighted by atomic mass is 9.99. The maximum atomic E-state index is 13.0. The molecule has 0 spiro atoms. The van der Waals surface area contributed by atoms with Gasteiger partial charge in [-0.1, -0.05) is 12.1 Å². The molecule has 1 aromatic heterocycles. The largest absolute Gasteiger partial charge is 0.433 e. The molecule has 0 bridgehead atoms. The molecule has 0 fully saturated rings. The topological polar surface area (TPSA) is 59.1 Å². The summed E-state index contributed by atoms with van der Waals surface area (Å²) in [4.78, 5) is 3.09. The molecule has 3 N–H and O–H groups in total. The number of nitrogens with two attached hydrogens (primary N) is 1. The van der Waals surface area contributed by atoms with E-state index in [4.69, 9.17) is 5.73 Å². The third-order valence-corrected chi connectivity index (χ3v) is 3.05. The number of para-hydroxylation sites is 1. The van der Waals surface area contributed by atoms with Crippen molar-refractivity contribution < 1.29 is 31.4 Å². The van der Waals surface area contributed by atoms with Crippen LogP contribution in [0.15, 0.2) is 24.3 Å². The average Bonchev–Trinajstić information content (AvgIpc) is 2.42. The first-order valence-electron chi connectivity index (χ1n) is 6.02. The van der Waals surface area contributed by atoms with E-state index in [2.05, 4.69) is 4.98 Å². The Labute approximate surface area is 120 Å². The van der Waals surface area contributed by atoms with E-state index in [9.17, 15) is 31.4 Å². The minimum atomic E-state index is -4.95. The molecule has 22 heavy (non-hydrogen) atoms. The van der Waals surface area contributed by atoms with Gasteiger partial charge in [0, 0.05) is 11.9 Å². The number of alkyl halides is 6. The SMILES string of the molecule is NC[C@@H](O)c1cc(C(F)(F)F)nc2c(C(F)(F)F)cccc12. The zero-order chi connectivity index (χ0) is 16.7. The number of aliphatic hydroxyl groups is 1. The summed E-state index contributed by atoms with van der Waals surface area (Å²) in [5.41, 5.74) is 1.18. The van der Waals surface area contributed by atoms with Crippen LogP contribution in [0, 0.1) is 0 Å². The fraction of sp³-hybridized carbons (Fsp3) is 0.308. The molecule has 1 aromatic carbocycles. The first-order valence-corrected chi connectivity index (χ1v) is 6.02. The summed E-state index contributed by atoms with van der Waals surface area (Å²) in [5, 5.41) is 9.49. The van der Waals surface area contributed by atoms with Crippen molar-refractivity contribution in [1.82, 2.24) is 4.98 Å². The molecule has 0 unspecified atom stereocenters. The van der Waals surface area contributed by atoms with Gasteiger partial charge in [0.1, 0.15) is 5.69 Å². The number of rotatable bonds is 2. The molecule has 120 valence electrons. The van der Waals surface area contributed by atoms with Gasteiger partial charge >= 0.3 is 12.4 Å². The van der Waals surface area contributed by atoms with Gasteiger partial charge in [-0.2, -0.15) is 26.3 Å². The number of pyridine rings is 1. The Hall–Kier alpha value is -1.87. The van der Waals surface area contributed by atoms with Gasteiger partial charge in [-0.25, -0.2) is 4.98 Å². The van der Waals surface area contributed by atoms with Crippen molar-refractivity contribution in [2.75, 3.05) is 6.54 Å². The Morgan fingerprint density at radius 2 is 1.73 bits per heavy atom. The monoisotopic (exact) mass is 324 g/mol. The van der Waals surface area contributed by atoms with Crippen LogP contribution in [0.4, 0.5) is 26.3 Å². The lowest BCUT2D eigenvalue weighted by Crippen LogP contribution is -2.17. The van der Waals surface area contributed by atoms with E-state index in [-0.39, 0.29) is 10.9 Å². The van der Waals surface area contributed by atoms with Crippen LogP contribution in [0.2, 0.25) is 0 Å². The Morgan fingerprint density at radius 1 is 1.09 bits per heavy atom. The van der Waals surface area contributed by atoms with E-state index < -0.39 is 41.8 Å². The number of fused-ring (bicyclic) bond motifs is 1. The molecule has 2 aromatic rings. The molecule has 0 aliphatic carbocycles. The highest BCUT2D eigenvalue weighted by molar-refractivity contribution is 5.86. The fourth-order valence-corrected chi connectivity index (χ4v) is 2.05. The second-order valence-corrected chi connectivity index (χ2v) is 4.55. The molecule has 0 saturated carbocycles. The van der Waals surface area contributed by atoms with Crippen LogP contribution in [0.1, 0.15) is 22.9 Å². The second-order valence-electron chi connectivity index (χ2n) is 4.55. The summed E-state index contributed by atoms with van der Waals surface area (Å²) in [6.45, 7) is -0.438. The third kappa shape index (κ3) is 3.00. The van der Waals surface area contributed by atoms with E-state index in [0.717, 1.165) is 12.1 Å². The fourth-order valence-electron chi connectivity index (χ4n) is 2.05. The number of nitrogens with zero attached hydrogens (tertiary/aromatic N) is 1. The highest BCUT2D eigenvalue weighted by Gasteiger charge is 2.37.